The molecule has 0 radical (unpaired) electrons. The van der Waals surface area contributed by atoms with Crippen LogP contribution in [-0.4, -0.2) is 47.8 Å². The number of phosphoric acid groups is 1. The summed E-state index contributed by atoms with van der Waals surface area (Å²) >= 11 is 0. The monoisotopic (exact) mass is 673 g/mol. The Labute approximate surface area is 283 Å². The topological polar surface area (TPSA) is 131 Å². The zero-order valence-electron chi connectivity index (χ0n) is 29.8. The summed E-state index contributed by atoms with van der Waals surface area (Å²) in [5.74, 6) is -0.202. The number of hydrogen-bond acceptors (Lipinski definition) is 6. The minimum Gasteiger partial charge on any atom is -0.387 e. The van der Waals surface area contributed by atoms with Gasteiger partial charge in [0.05, 0.1) is 25.4 Å². The Balaban J connectivity index is 4.21. The third-order valence-corrected chi connectivity index (χ3v) is 9.26. The molecule has 0 saturated carbocycles. The van der Waals surface area contributed by atoms with Crippen molar-refractivity contribution in [1.82, 2.24) is 5.32 Å². The fourth-order valence-electron chi connectivity index (χ4n) is 5.36. The molecule has 1 amide bonds. The lowest BCUT2D eigenvalue weighted by Crippen LogP contribution is -2.45. The van der Waals surface area contributed by atoms with E-state index in [1.807, 2.05) is 6.08 Å². The highest BCUT2D eigenvalue weighted by Crippen LogP contribution is 2.43. The van der Waals surface area contributed by atoms with E-state index in [1.165, 1.54) is 116 Å². The molecule has 0 spiro atoms. The van der Waals surface area contributed by atoms with Gasteiger partial charge in [0, 0.05) is 13.0 Å². The van der Waals surface area contributed by atoms with Crippen LogP contribution in [-0.2, 0) is 18.4 Å². The molecule has 272 valence electrons. The van der Waals surface area contributed by atoms with Gasteiger partial charge in [0.15, 0.2) is 0 Å². The minimum atomic E-state index is -4.33. The quantitative estimate of drug-likeness (QED) is 0.0299. The summed E-state index contributed by atoms with van der Waals surface area (Å²) in [6.45, 7) is 4.09. The van der Waals surface area contributed by atoms with E-state index in [-0.39, 0.29) is 25.7 Å². The van der Waals surface area contributed by atoms with Crippen molar-refractivity contribution in [1.29, 1.82) is 0 Å². The molecule has 0 bridgehead atoms. The van der Waals surface area contributed by atoms with Gasteiger partial charge in [-0.1, -0.05) is 147 Å². The molecule has 0 aromatic rings. The van der Waals surface area contributed by atoms with Crippen LogP contribution in [0.5, 0.6) is 0 Å². The van der Waals surface area contributed by atoms with Gasteiger partial charge in [-0.3, -0.25) is 13.8 Å². The summed E-state index contributed by atoms with van der Waals surface area (Å²) in [5.41, 5.74) is 5.34. The Hall–Kier alpha value is -1.02. The number of nitrogens with one attached hydrogen (secondary N) is 1. The number of rotatable bonds is 35. The predicted octanol–water partition coefficient (Wildman–Crippen LogP) is 9.83. The zero-order chi connectivity index (χ0) is 34.0. The number of aliphatic hydroxyl groups excluding tert-OH is 1. The molecule has 0 aromatic carbocycles. The fraction of sp³-hybridized carbons (Fsp3) is 0.865. The smallest absolute Gasteiger partial charge is 0.387 e. The molecule has 46 heavy (non-hydrogen) atoms. The minimum absolute atomic E-state index is 0.0782. The summed E-state index contributed by atoms with van der Waals surface area (Å²) in [6, 6.07) is -0.857. The predicted molar refractivity (Wildman–Crippen MR) is 194 cm³/mol. The number of carbonyl (C=O) groups excluding carboxylic acids is 1. The standard InChI is InChI=1S/C37H73N2O6P/c1-3-5-7-9-11-13-14-15-16-17-18-19-20-21-23-25-27-29-31-37(41)39-35(34-45-46(42,43)44-33-32-38)36(40)30-28-26-24-22-12-10-8-6-4-2/h16-17,28,30,35-36,40H,3-15,18-27,29,31-34,38H2,1-2H3,(H,39,41)(H,42,43)/b17-16-,30-28+. The second-order valence-electron chi connectivity index (χ2n) is 12.8. The highest BCUT2D eigenvalue weighted by molar-refractivity contribution is 7.47. The van der Waals surface area contributed by atoms with Crippen molar-refractivity contribution in [3.8, 4) is 0 Å². The molecule has 0 heterocycles. The van der Waals surface area contributed by atoms with E-state index in [9.17, 15) is 19.4 Å². The first-order valence-corrected chi connectivity index (χ1v) is 20.5. The van der Waals surface area contributed by atoms with Gasteiger partial charge >= 0.3 is 7.82 Å². The Kier molecular flexibility index (Phi) is 33.1. The van der Waals surface area contributed by atoms with Crippen molar-refractivity contribution in [2.24, 2.45) is 5.73 Å². The van der Waals surface area contributed by atoms with Crippen molar-refractivity contribution in [2.75, 3.05) is 19.8 Å². The fourth-order valence-corrected chi connectivity index (χ4v) is 6.12. The van der Waals surface area contributed by atoms with Gasteiger partial charge < -0.3 is 21.1 Å². The molecule has 3 atom stereocenters. The molecule has 0 aliphatic heterocycles. The van der Waals surface area contributed by atoms with E-state index in [0.29, 0.717) is 6.42 Å². The molecule has 0 saturated heterocycles. The lowest BCUT2D eigenvalue weighted by atomic mass is 10.1. The number of phosphoric ester groups is 1. The Morgan fingerprint density at radius 2 is 1.13 bits per heavy atom. The molecule has 8 nitrogen and oxygen atoms in total. The molecule has 0 fully saturated rings. The normalized spacial score (nSPS) is 14.6. The van der Waals surface area contributed by atoms with Crippen molar-refractivity contribution in [3.63, 3.8) is 0 Å². The van der Waals surface area contributed by atoms with E-state index < -0.39 is 20.0 Å². The third-order valence-electron chi connectivity index (χ3n) is 8.27. The van der Waals surface area contributed by atoms with Crippen molar-refractivity contribution < 1.29 is 28.4 Å². The van der Waals surface area contributed by atoms with Gasteiger partial charge in [-0.15, -0.1) is 0 Å². The first-order chi connectivity index (χ1) is 22.4. The summed E-state index contributed by atoms with van der Waals surface area (Å²) in [5, 5.41) is 13.5. The zero-order valence-corrected chi connectivity index (χ0v) is 30.7. The molecular weight excluding hydrogens is 599 g/mol. The van der Waals surface area contributed by atoms with E-state index >= 15 is 0 Å². The average molecular weight is 673 g/mol. The highest BCUT2D eigenvalue weighted by atomic mass is 31.2. The van der Waals surface area contributed by atoms with E-state index in [4.69, 9.17) is 14.8 Å². The largest absolute Gasteiger partial charge is 0.472 e. The van der Waals surface area contributed by atoms with Crippen molar-refractivity contribution in [3.05, 3.63) is 24.3 Å². The summed E-state index contributed by atoms with van der Waals surface area (Å²) in [4.78, 5) is 22.5. The molecule has 0 aliphatic carbocycles. The van der Waals surface area contributed by atoms with E-state index in [0.717, 1.165) is 38.5 Å². The van der Waals surface area contributed by atoms with Gasteiger partial charge in [-0.2, -0.15) is 0 Å². The first-order valence-electron chi connectivity index (χ1n) is 19.0. The van der Waals surface area contributed by atoms with Gasteiger partial charge in [-0.05, 0) is 44.9 Å². The molecule has 0 rings (SSSR count). The summed E-state index contributed by atoms with van der Waals surface area (Å²) in [7, 11) is -4.33. The summed E-state index contributed by atoms with van der Waals surface area (Å²) in [6.07, 6.45) is 36.6. The number of carbonyl (C=O) groups is 1. The second-order valence-corrected chi connectivity index (χ2v) is 14.2. The first kappa shape index (κ1) is 45.0. The Morgan fingerprint density at radius 3 is 1.61 bits per heavy atom. The summed E-state index contributed by atoms with van der Waals surface area (Å²) < 4.78 is 22.0. The molecular formula is C37H73N2O6P. The lowest BCUT2D eigenvalue weighted by Gasteiger charge is -2.23. The van der Waals surface area contributed by atoms with Crippen LogP contribution < -0.4 is 11.1 Å². The maximum atomic E-state index is 12.7. The van der Waals surface area contributed by atoms with Crippen molar-refractivity contribution in [2.45, 2.75) is 187 Å². The van der Waals surface area contributed by atoms with Crippen LogP contribution in [0.1, 0.15) is 174 Å². The highest BCUT2D eigenvalue weighted by Gasteiger charge is 2.26. The van der Waals surface area contributed by atoms with Crippen molar-refractivity contribution >= 4 is 13.7 Å². The molecule has 0 aliphatic rings. The molecule has 3 unspecified atom stereocenters. The van der Waals surface area contributed by atoms with Crippen LogP contribution in [0.4, 0.5) is 0 Å². The van der Waals surface area contributed by atoms with Gasteiger partial charge in [0.2, 0.25) is 5.91 Å². The number of nitrogens with two attached hydrogens (primary N) is 1. The van der Waals surface area contributed by atoms with Crippen LogP contribution in [0.15, 0.2) is 24.3 Å². The van der Waals surface area contributed by atoms with Crippen LogP contribution in [0.25, 0.3) is 0 Å². The third kappa shape index (κ3) is 31.6. The maximum Gasteiger partial charge on any atom is 0.472 e. The van der Waals surface area contributed by atoms with Gasteiger partial charge in [-0.25, -0.2) is 4.57 Å². The van der Waals surface area contributed by atoms with E-state index in [2.05, 4.69) is 31.3 Å². The number of allylic oxidation sites excluding steroid dienone is 3. The average Bonchev–Trinajstić information content (AvgIpc) is 3.04. The Morgan fingerprint density at radius 1 is 0.696 bits per heavy atom. The number of amides is 1. The lowest BCUT2D eigenvalue weighted by molar-refractivity contribution is -0.123. The molecule has 9 heteroatoms. The van der Waals surface area contributed by atoms with Crippen LogP contribution in [0.2, 0.25) is 0 Å². The molecule has 0 aromatic heterocycles. The van der Waals surface area contributed by atoms with Crippen LogP contribution in [0.3, 0.4) is 0 Å². The van der Waals surface area contributed by atoms with Crippen LogP contribution in [0, 0.1) is 0 Å². The van der Waals surface area contributed by atoms with Gasteiger partial charge in [0.25, 0.3) is 0 Å². The Bertz CT molecular complexity index is 779. The molecule has 5 N–H and O–H groups in total. The number of unbranched alkanes of at least 4 members (excludes halogenated alkanes) is 21. The number of hydrogen-bond donors (Lipinski definition) is 4. The second kappa shape index (κ2) is 33.9. The number of aliphatic hydroxyl groups is 1. The van der Waals surface area contributed by atoms with E-state index in [1.54, 1.807) is 6.08 Å². The van der Waals surface area contributed by atoms with Crippen LogP contribution >= 0.6 is 7.82 Å². The van der Waals surface area contributed by atoms with Gasteiger partial charge in [0.1, 0.15) is 0 Å². The SMILES string of the molecule is CCCCCCCCC/C=C\CCCCCCCCCC(=O)NC(COP(=O)(O)OCCN)C(O)/C=C/CCCCCCCCC. The maximum absolute atomic E-state index is 12.7.